The molecule has 1 heterocycles. The molecule has 0 aromatic heterocycles. The summed E-state index contributed by atoms with van der Waals surface area (Å²) in [5, 5.41) is 19.4. The summed E-state index contributed by atoms with van der Waals surface area (Å²) < 4.78 is 58.6. The molecule has 1 saturated carbocycles. The van der Waals surface area contributed by atoms with Crippen LogP contribution in [0.5, 0.6) is 5.75 Å². The van der Waals surface area contributed by atoms with Crippen LogP contribution in [0.2, 0.25) is 5.02 Å². The summed E-state index contributed by atoms with van der Waals surface area (Å²) in [6, 6.07) is 3.91. The number of anilines is 1. The molecular formula is C40H48ClFN3O16PS. The lowest BCUT2D eigenvalue weighted by Crippen LogP contribution is -2.35. The number of ketones is 3. The van der Waals surface area contributed by atoms with Gasteiger partial charge in [-0.25, -0.2) is 22.5 Å². The van der Waals surface area contributed by atoms with Crippen molar-refractivity contribution in [1.29, 1.82) is 0 Å². The van der Waals surface area contributed by atoms with Gasteiger partial charge in [0, 0.05) is 55.2 Å². The molecule has 2 aromatic rings. The van der Waals surface area contributed by atoms with Gasteiger partial charge in [0.2, 0.25) is 0 Å². The van der Waals surface area contributed by atoms with Gasteiger partial charge in [-0.3, -0.25) is 43.4 Å². The summed E-state index contributed by atoms with van der Waals surface area (Å²) in [6.45, 7) is 3.11. The van der Waals surface area contributed by atoms with Crippen molar-refractivity contribution in [3.63, 3.8) is 0 Å². The van der Waals surface area contributed by atoms with Crippen molar-refractivity contribution in [2.45, 2.75) is 88.5 Å². The largest absolute Gasteiger partial charge is 0.480 e. The lowest BCUT2D eigenvalue weighted by Gasteiger charge is -2.18. The molecule has 63 heavy (non-hydrogen) atoms. The molecular weight excluding hydrogens is 896 g/mol. The first-order valence-electron chi connectivity index (χ1n) is 19.6. The van der Waals surface area contributed by atoms with Gasteiger partial charge < -0.3 is 25.2 Å². The first kappa shape index (κ1) is 52.1. The summed E-state index contributed by atoms with van der Waals surface area (Å²) in [6.07, 6.45) is 6.77. The van der Waals surface area contributed by atoms with Crippen LogP contribution in [-0.4, -0.2) is 103 Å². The number of Topliss-reactive ketones (excluding diaryl/α,β-unsaturated/α-hetero) is 3. The minimum atomic E-state index is -3.70. The number of unbranched alkanes of at least 4 members (excludes halogenated alkanes) is 2. The SMILES string of the molecule is CCCCCOC(=O)COc1cc(N2C(=O)C3=C(CCCC3)C2=O)c(F)cc1Cl.CP(=O)(O)CCC(N)C(=O)O.CS(=O)(=O)c1ccc(C(=O)C2C(=O)CCCC2=O)c([N+](=O)[O-])c1. The molecule has 0 radical (unpaired) electrons. The van der Waals surface area contributed by atoms with Crippen LogP contribution in [0.3, 0.4) is 0 Å². The van der Waals surface area contributed by atoms with Gasteiger partial charge in [-0.2, -0.15) is 0 Å². The minimum absolute atomic E-state index is 0.000883. The van der Waals surface area contributed by atoms with Crippen molar-refractivity contribution < 1.29 is 75.3 Å². The second-order valence-corrected chi connectivity index (χ2v) is 19.8. The Balaban J connectivity index is 0.000000277. The molecule has 1 aliphatic heterocycles. The van der Waals surface area contributed by atoms with Crippen molar-refractivity contribution in [3.8, 4) is 5.75 Å². The number of ether oxygens (including phenoxy) is 2. The Morgan fingerprint density at radius 1 is 1.02 bits per heavy atom. The monoisotopic (exact) mass is 943 g/mol. The lowest BCUT2D eigenvalue weighted by atomic mass is 9.81. The maximum Gasteiger partial charge on any atom is 0.344 e. The molecule has 0 bridgehead atoms. The Bertz CT molecular complexity index is 2300. The number of nitrogens with two attached hydrogens (primary N) is 1. The number of carboxylic acid groups (broad SMARTS) is 1. The average Bonchev–Trinajstić information content (AvgIpc) is 3.46. The molecule has 5 rings (SSSR count). The van der Waals surface area contributed by atoms with E-state index in [0.717, 1.165) is 67.5 Å². The van der Waals surface area contributed by atoms with Crippen LogP contribution < -0.4 is 15.4 Å². The van der Waals surface area contributed by atoms with Crippen molar-refractivity contribution in [2.24, 2.45) is 11.7 Å². The van der Waals surface area contributed by atoms with E-state index in [-0.39, 0.29) is 46.8 Å². The van der Waals surface area contributed by atoms with Gasteiger partial charge in [-0.15, -0.1) is 0 Å². The second kappa shape index (κ2) is 22.9. The molecule has 1 fully saturated rings. The van der Waals surface area contributed by atoms with E-state index in [1.807, 2.05) is 6.92 Å². The van der Waals surface area contributed by atoms with Gasteiger partial charge in [0.05, 0.1) is 32.7 Å². The van der Waals surface area contributed by atoms with E-state index in [4.69, 9.17) is 36.8 Å². The van der Waals surface area contributed by atoms with Gasteiger partial charge in [0.25, 0.3) is 17.5 Å². The van der Waals surface area contributed by atoms with Crippen molar-refractivity contribution >= 4 is 81.3 Å². The third-order valence-corrected chi connectivity index (χ3v) is 12.3. The fourth-order valence-corrected chi connectivity index (χ4v) is 8.03. The number of carbonyl (C=O) groups excluding carboxylic acids is 6. The highest BCUT2D eigenvalue weighted by molar-refractivity contribution is 7.90. The number of amides is 2. The summed E-state index contributed by atoms with van der Waals surface area (Å²) in [5.74, 6) is -7.16. The zero-order valence-electron chi connectivity index (χ0n) is 34.6. The first-order valence-corrected chi connectivity index (χ1v) is 24.2. The van der Waals surface area contributed by atoms with Crippen molar-refractivity contribution in [1.82, 2.24) is 0 Å². The number of carboxylic acids is 1. The van der Waals surface area contributed by atoms with Gasteiger partial charge >= 0.3 is 11.9 Å². The van der Waals surface area contributed by atoms with E-state index in [0.29, 0.717) is 37.0 Å². The number of hydrogen-bond acceptors (Lipinski definition) is 15. The van der Waals surface area contributed by atoms with Gasteiger partial charge in [-0.05, 0) is 63.1 Å². The van der Waals surface area contributed by atoms with Gasteiger partial charge in [0.1, 0.15) is 23.5 Å². The fraction of sp³-hybridized carbons (Fsp3) is 0.475. The maximum absolute atomic E-state index is 14.5. The molecule has 4 N–H and O–H groups in total. The van der Waals surface area contributed by atoms with Crippen LogP contribution >= 0.6 is 19.0 Å². The number of rotatable bonds is 16. The van der Waals surface area contributed by atoms with Crippen LogP contribution in [-0.2, 0) is 47.9 Å². The Kier molecular flexibility index (Phi) is 19.0. The zero-order chi connectivity index (χ0) is 47.4. The molecule has 19 nitrogen and oxygen atoms in total. The summed E-state index contributed by atoms with van der Waals surface area (Å²) in [5.41, 5.74) is 4.60. The first-order chi connectivity index (χ1) is 29.4. The smallest absolute Gasteiger partial charge is 0.344 e. The third-order valence-electron chi connectivity index (χ3n) is 9.77. The highest BCUT2D eigenvalue weighted by atomic mass is 35.5. The number of hydrogen-bond donors (Lipinski definition) is 3. The minimum Gasteiger partial charge on any atom is -0.480 e. The summed E-state index contributed by atoms with van der Waals surface area (Å²) in [7, 11) is -6.80. The number of esters is 1. The van der Waals surface area contributed by atoms with Crippen LogP contribution in [0.4, 0.5) is 15.8 Å². The molecule has 2 atom stereocenters. The Morgan fingerprint density at radius 2 is 1.60 bits per heavy atom. The normalized spacial score (nSPS) is 16.8. The lowest BCUT2D eigenvalue weighted by molar-refractivity contribution is -0.385. The standard InChI is InChI=1S/C21H23ClFNO5.C14H13NO7S.C5H12NO4P/c1-2-3-6-9-28-19(25)12-29-18-11-17(16(23)10-15(18)22)24-20(26)13-7-4-5-8-14(13)21(24)27;1-23(21,22)8-5-6-9(10(7-8)15(19)20)14(18)13-11(16)3-2-4-12(13)17;1-11(9,10)3-2-4(6)5(7)8/h10-11H,2-9,12H2,1H3;5-7,13H,2-4H2,1H3;4H,2-3,6H2,1H3,(H,7,8)(H,9,10). The van der Waals surface area contributed by atoms with E-state index in [2.05, 4.69) is 0 Å². The average molecular weight is 944 g/mol. The molecule has 0 spiro atoms. The number of nitrogens with zero attached hydrogens (tertiary/aromatic N) is 2. The summed E-state index contributed by atoms with van der Waals surface area (Å²) >= 11 is 6.02. The van der Waals surface area contributed by atoms with E-state index in [9.17, 15) is 61.0 Å². The Labute approximate surface area is 366 Å². The zero-order valence-corrected chi connectivity index (χ0v) is 37.1. The fourth-order valence-electron chi connectivity index (χ4n) is 6.43. The quantitative estimate of drug-likeness (QED) is 0.0287. The molecule has 2 unspecified atom stereocenters. The highest BCUT2D eigenvalue weighted by Gasteiger charge is 2.42. The van der Waals surface area contributed by atoms with Crippen LogP contribution in [0.15, 0.2) is 46.4 Å². The number of sulfone groups is 1. The molecule has 3 aliphatic rings. The molecule has 23 heteroatoms. The van der Waals surface area contributed by atoms with Crippen molar-refractivity contribution in [3.05, 3.63) is 68.0 Å². The Hall–Kier alpha value is -5.21. The van der Waals surface area contributed by atoms with E-state index >= 15 is 0 Å². The Morgan fingerprint density at radius 3 is 2.11 bits per heavy atom. The number of aliphatic carboxylic acids is 1. The highest BCUT2D eigenvalue weighted by Crippen LogP contribution is 2.40. The maximum atomic E-state index is 14.5. The molecule has 2 aromatic carbocycles. The van der Waals surface area contributed by atoms with Crippen LogP contribution in [0.25, 0.3) is 0 Å². The predicted molar refractivity (Wildman–Crippen MR) is 224 cm³/mol. The van der Waals surface area contributed by atoms with E-state index in [1.165, 1.54) is 12.7 Å². The number of nitro benzene ring substituents is 1. The molecule has 2 aliphatic carbocycles. The number of nitro groups is 1. The number of imide groups is 1. The van der Waals surface area contributed by atoms with Gasteiger partial charge in [-0.1, -0.05) is 31.4 Å². The molecule has 344 valence electrons. The molecule has 0 saturated heterocycles. The van der Waals surface area contributed by atoms with Gasteiger partial charge in [0.15, 0.2) is 41.2 Å². The van der Waals surface area contributed by atoms with E-state index in [1.54, 1.807) is 0 Å². The van der Waals surface area contributed by atoms with E-state index < -0.39 is 98.9 Å². The van der Waals surface area contributed by atoms with Crippen molar-refractivity contribution in [2.75, 3.05) is 37.2 Å². The number of carbonyl (C=O) groups is 7. The predicted octanol–water partition coefficient (Wildman–Crippen LogP) is 5.14. The summed E-state index contributed by atoms with van der Waals surface area (Å²) in [4.78, 5) is 103. The number of benzene rings is 2. The third kappa shape index (κ3) is 14.7. The number of halogens is 2. The van der Waals surface area contributed by atoms with Crippen LogP contribution in [0, 0.1) is 21.8 Å². The second-order valence-electron chi connectivity index (χ2n) is 14.9. The topological polar surface area (TPSA) is 302 Å². The van der Waals surface area contributed by atoms with Crippen LogP contribution in [0.1, 0.15) is 87.9 Å². The molecule has 2 amide bonds.